The second-order valence-corrected chi connectivity index (χ2v) is 4.66. The lowest BCUT2D eigenvalue weighted by Gasteiger charge is -1.99. The molecule has 1 aromatic carbocycles. The van der Waals surface area contributed by atoms with Crippen LogP contribution in [0.3, 0.4) is 0 Å². The molecule has 3 rings (SSSR count). The summed E-state index contributed by atoms with van der Waals surface area (Å²) in [4.78, 5) is 20.0. The normalized spacial score (nSPS) is 10.4. The number of carbonyl (C=O) groups excluding carboxylic acids is 1. The molecule has 0 fully saturated rings. The fraction of sp³-hybridized carbons (Fsp3) is 0. The fourth-order valence-corrected chi connectivity index (χ4v) is 2.58. The average Bonchev–Trinajstić information content (AvgIpc) is 2.84. The van der Waals surface area contributed by atoms with Crippen LogP contribution in [0.5, 0.6) is 0 Å². The molecule has 0 atom stereocenters. The number of amides is 1. The van der Waals surface area contributed by atoms with Crippen molar-refractivity contribution in [2.24, 2.45) is 0 Å². The highest BCUT2D eigenvalue weighted by Gasteiger charge is 2.06. The number of hydrogen-bond donors (Lipinski definition) is 1. The monoisotopic (exact) mass is 255 g/mol. The first-order valence-electron chi connectivity index (χ1n) is 5.39. The van der Waals surface area contributed by atoms with Crippen molar-refractivity contribution in [2.75, 3.05) is 5.32 Å². The molecule has 2 heterocycles. The Labute approximate surface area is 107 Å². The molecule has 1 amide bonds. The largest absolute Gasteiger partial charge is 0.329 e. The minimum Gasteiger partial charge on any atom is -0.329 e. The number of anilines is 1. The highest BCUT2D eigenvalue weighted by atomic mass is 32.1. The second-order valence-electron chi connectivity index (χ2n) is 3.69. The van der Waals surface area contributed by atoms with Crippen molar-refractivity contribution in [1.29, 1.82) is 0 Å². The van der Waals surface area contributed by atoms with E-state index in [1.165, 1.54) is 0 Å². The summed E-state index contributed by atoms with van der Waals surface area (Å²) in [5.74, 6) is 0. The summed E-state index contributed by atoms with van der Waals surface area (Å²) in [6.45, 7) is 0. The SMILES string of the molecule is O=CNc1ccc(-c2nc3cccnc3s2)cc1. The van der Waals surface area contributed by atoms with Crippen LogP contribution in [0.15, 0.2) is 42.6 Å². The summed E-state index contributed by atoms with van der Waals surface area (Å²) in [6.07, 6.45) is 2.43. The Hall–Kier alpha value is -2.27. The molecule has 0 aliphatic heterocycles. The van der Waals surface area contributed by atoms with Crippen molar-refractivity contribution in [3.8, 4) is 10.6 Å². The molecule has 0 unspecified atom stereocenters. The Bertz CT molecular complexity index is 658. The maximum atomic E-state index is 10.3. The van der Waals surface area contributed by atoms with Crippen molar-refractivity contribution >= 4 is 33.8 Å². The molecule has 0 bridgehead atoms. The molecule has 0 radical (unpaired) electrons. The van der Waals surface area contributed by atoms with Crippen LogP contribution in [-0.4, -0.2) is 16.4 Å². The van der Waals surface area contributed by atoms with Crippen LogP contribution < -0.4 is 5.32 Å². The molecule has 18 heavy (non-hydrogen) atoms. The highest BCUT2D eigenvalue weighted by Crippen LogP contribution is 2.29. The van der Waals surface area contributed by atoms with Crippen LogP contribution in [-0.2, 0) is 4.79 Å². The third-order valence-corrected chi connectivity index (χ3v) is 3.55. The van der Waals surface area contributed by atoms with E-state index in [1.807, 2.05) is 36.4 Å². The molecule has 0 saturated carbocycles. The van der Waals surface area contributed by atoms with Crippen LogP contribution in [0, 0.1) is 0 Å². The number of fused-ring (bicyclic) bond motifs is 1. The zero-order valence-electron chi connectivity index (χ0n) is 9.33. The van der Waals surface area contributed by atoms with E-state index >= 15 is 0 Å². The first-order valence-corrected chi connectivity index (χ1v) is 6.20. The van der Waals surface area contributed by atoms with Gasteiger partial charge in [0.25, 0.3) is 0 Å². The van der Waals surface area contributed by atoms with E-state index in [9.17, 15) is 4.79 Å². The van der Waals surface area contributed by atoms with Crippen LogP contribution in [0.2, 0.25) is 0 Å². The number of nitrogens with one attached hydrogen (secondary N) is 1. The van der Waals surface area contributed by atoms with Crippen LogP contribution in [0.25, 0.3) is 20.9 Å². The smallest absolute Gasteiger partial charge is 0.211 e. The molecule has 1 N–H and O–H groups in total. The maximum Gasteiger partial charge on any atom is 0.211 e. The summed E-state index contributed by atoms with van der Waals surface area (Å²) in [5.41, 5.74) is 2.70. The number of benzene rings is 1. The standard InChI is InChI=1S/C13H9N3OS/c17-8-15-10-5-3-9(4-6-10)12-16-11-2-1-7-14-13(11)18-12/h1-8H,(H,15,17). The predicted molar refractivity (Wildman–Crippen MR) is 72.5 cm³/mol. The Morgan fingerprint density at radius 1 is 1.17 bits per heavy atom. The van der Waals surface area contributed by atoms with Gasteiger partial charge >= 0.3 is 0 Å². The zero-order chi connectivity index (χ0) is 12.4. The quantitative estimate of drug-likeness (QED) is 0.732. The van der Waals surface area contributed by atoms with Gasteiger partial charge in [-0.05, 0) is 36.4 Å². The molecule has 5 heteroatoms. The zero-order valence-corrected chi connectivity index (χ0v) is 10.1. The van der Waals surface area contributed by atoms with Crippen LogP contribution >= 0.6 is 11.3 Å². The summed E-state index contributed by atoms with van der Waals surface area (Å²) in [7, 11) is 0. The van der Waals surface area contributed by atoms with Crippen LogP contribution in [0.1, 0.15) is 0 Å². The lowest BCUT2D eigenvalue weighted by Crippen LogP contribution is -1.92. The van der Waals surface area contributed by atoms with Gasteiger partial charge in [0, 0.05) is 17.4 Å². The van der Waals surface area contributed by atoms with Gasteiger partial charge in [0.15, 0.2) is 0 Å². The van der Waals surface area contributed by atoms with Gasteiger partial charge < -0.3 is 5.32 Å². The number of hydrogen-bond acceptors (Lipinski definition) is 4. The molecule has 3 aromatic rings. The Kier molecular flexibility index (Phi) is 2.74. The minimum absolute atomic E-state index is 0.663. The van der Waals surface area contributed by atoms with Gasteiger partial charge in [0.05, 0.1) is 0 Å². The minimum atomic E-state index is 0.663. The number of rotatable bonds is 3. The van der Waals surface area contributed by atoms with E-state index in [1.54, 1.807) is 17.5 Å². The summed E-state index contributed by atoms with van der Waals surface area (Å²) in [5, 5.41) is 3.53. The number of thiazole rings is 1. The van der Waals surface area contributed by atoms with E-state index < -0.39 is 0 Å². The average molecular weight is 255 g/mol. The van der Waals surface area contributed by atoms with Gasteiger partial charge in [-0.1, -0.05) is 11.3 Å². The van der Waals surface area contributed by atoms with Gasteiger partial charge in [-0.15, -0.1) is 0 Å². The number of nitrogens with zero attached hydrogens (tertiary/aromatic N) is 2. The molecule has 0 aliphatic rings. The maximum absolute atomic E-state index is 10.3. The summed E-state index contributed by atoms with van der Waals surface area (Å²) in [6, 6.07) is 11.4. The van der Waals surface area contributed by atoms with E-state index in [0.29, 0.717) is 6.41 Å². The number of carbonyl (C=O) groups is 1. The lowest BCUT2D eigenvalue weighted by molar-refractivity contribution is -0.105. The van der Waals surface area contributed by atoms with Gasteiger partial charge in [-0.2, -0.15) is 0 Å². The summed E-state index contributed by atoms with van der Waals surface area (Å²) >= 11 is 1.56. The molecule has 2 aromatic heterocycles. The molecule has 0 spiro atoms. The number of aromatic nitrogens is 2. The van der Waals surface area contributed by atoms with E-state index in [-0.39, 0.29) is 0 Å². The van der Waals surface area contributed by atoms with E-state index in [0.717, 1.165) is 26.6 Å². The summed E-state index contributed by atoms with van der Waals surface area (Å²) < 4.78 is 0. The molecular weight excluding hydrogens is 246 g/mol. The van der Waals surface area contributed by atoms with Crippen molar-refractivity contribution in [1.82, 2.24) is 9.97 Å². The fourth-order valence-electron chi connectivity index (χ4n) is 1.67. The van der Waals surface area contributed by atoms with E-state index in [2.05, 4.69) is 15.3 Å². The highest BCUT2D eigenvalue weighted by molar-refractivity contribution is 7.21. The number of pyridine rings is 1. The molecular formula is C13H9N3OS. The third kappa shape index (κ3) is 1.96. The van der Waals surface area contributed by atoms with E-state index in [4.69, 9.17) is 0 Å². The lowest BCUT2D eigenvalue weighted by atomic mass is 10.2. The van der Waals surface area contributed by atoms with Gasteiger partial charge in [0.1, 0.15) is 15.4 Å². The first-order chi connectivity index (χ1) is 8.86. The van der Waals surface area contributed by atoms with Crippen molar-refractivity contribution in [3.63, 3.8) is 0 Å². The molecule has 0 saturated heterocycles. The Balaban J connectivity index is 2.00. The Morgan fingerprint density at radius 3 is 2.72 bits per heavy atom. The predicted octanol–water partition coefficient (Wildman–Crippen LogP) is 2.93. The van der Waals surface area contributed by atoms with Gasteiger partial charge in [0.2, 0.25) is 6.41 Å². The molecule has 88 valence electrons. The first kappa shape index (κ1) is 10.9. The molecule has 4 nitrogen and oxygen atoms in total. The van der Waals surface area contributed by atoms with Crippen molar-refractivity contribution in [2.45, 2.75) is 0 Å². The second kappa shape index (κ2) is 4.54. The topological polar surface area (TPSA) is 54.9 Å². The Morgan fingerprint density at radius 2 is 2.00 bits per heavy atom. The van der Waals surface area contributed by atoms with Crippen molar-refractivity contribution in [3.05, 3.63) is 42.6 Å². The third-order valence-electron chi connectivity index (χ3n) is 2.52. The van der Waals surface area contributed by atoms with Gasteiger partial charge in [-0.25, -0.2) is 9.97 Å². The van der Waals surface area contributed by atoms with Crippen molar-refractivity contribution < 1.29 is 4.79 Å². The van der Waals surface area contributed by atoms with Crippen LogP contribution in [0.4, 0.5) is 5.69 Å². The van der Waals surface area contributed by atoms with Gasteiger partial charge in [-0.3, -0.25) is 4.79 Å². The molecule has 0 aliphatic carbocycles.